The summed E-state index contributed by atoms with van der Waals surface area (Å²) in [4.78, 5) is 9.65. The Kier molecular flexibility index (Phi) is 6.38. The molecule has 0 radical (unpaired) electrons. The van der Waals surface area contributed by atoms with Gasteiger partial charge in [-0.2, -0.15) is 0 Å². The standard InChI is InChI=1S/C15H20N.C4H6O2/c1-2-3-4-7-11-16-12-10-14-8-5-6-9-15(14)13-16;5-4(6)3-1-2-3/h5-6,8-10,12-13H,2-4,7,11H2,1H3;3H,1-2H2,(H,5,6)/q+1;/p-1. The van der Waals surface area contributed by atoms with Crippen molar-refractivity contribution in [2.45, 2.75) is 52.0 Å². The van der Waals surface area contributed by atoms with E-state index in [0.717, 1.165) is 19.4 Å². The van der Waals surface area contributed by atoms with Gasteiger partial charge in [-0.1, -0.05) is 38.0 Å². The highest BCUT2D eigenvalue weighted by atomic mass is 16.4. The Morgan fingerprint density at radius 2 is 1.86 bits per heavy atom. The van der Waals surface area contributed by atoms with Gasteiger partial charge in [0, 0.05) is 23.8 Å². The van der Waals surface area contributed by atoms with E-state index in [4.69, 9.17) is 0 Å². The van der Waals surface area contributed by atoms with Crippen molar-refractivity contribution in [1.29, 1.82) is 0 Å². The molecule has 1 saturated carbocycles. The second kappa shape index (κ2) is 8.52. The van der Waals surface area contributed by atoms with Gasteiger partial charge < -0.3 is 9.90 Å². The average molecular weight is 299 g/mol. The smallest absolute Gasteiger partial charge is 0.176 e. The van der Waals surface area contributed by atoms with Crippen molar-refractivity contribution in [1.82, 2.24) is 0 Å². The number of nitrogens with zero attached hydrogens (tertiary/aromatic N) is 1. The highest BCUT2D eigenvalue weighted by Crippen LogP contribution is 2.27. The van der Waals surface area contributed by atoms with Gasteiger partial charge in [-0.15, -0.1) is 0 Å². The molecule has 1 aliphatic carbocycles. The van der Waals surface area contributed by atoms with Crippen LogP contribution in [0.5, 0.6) is 0 Å². The van der Waals surface area contributed by atoms with Crippen LogP contribution in [0.4, 0.5) is 0 Å². The Hall–Kier alpha value is -1.90. The highest BCUT2D eigenvalue weighted by molar-refractivity contribution is 5.80. The van der Waals surface area contributed by atoms with Gasteiger partial charge in [-0.05, 0) is 36.6 Å². The Morgan fingerprint density at radius 1 is 1.14 bits per heavy atom. The van der Waals surface area contributed by atoms with Crippen LogP contribution in [0.1, 0.15) is 45.4 Å². The van der Waals surface area contributed by atoms with E-state index in [9.17, 15) is 9.90 Å². The summed E-state index contributed by atoms with van der Waals surface area (Å²) in [5.74, 6) is -0.972. The first-order valence-corrected chi connectivity index (χ1v) is 8.29. The monoisotopic (exact) mass is 299 g/mol. The third-order valence-electron chi connectivity index (χ3n) is 3.93. The van der Waals surface area contributed by atoms with Crippen molar-refractivity contribution in [3.63, 3.8) is 0 Å². The highest BCUT2D eigenvalue weighted by Gasteiger charge is 2.21. The fourth-order valence-corrected chi connectivity index (χ4v) is 2.36. The van der Waals surface area contributed by atoms with Crippen LogP contribution >= 0.6 is 0 Å². The van der Waals surface area contributed by atoms with Crippen LogP contribution in [0.2, 0.25) is 0 Å². The SMILES string of the molecule is CCCCCC[n+]1ccc2ccccc2c1.O=C([O-])C1CC1. The number of carboxylic acids is 1. The first-order chi connectivity index (χ1) is 10.7. The van der Waals surface area contributed by atoms with E-state index >= 15 is 0 Å². The van der Waals surface area contributed by atoms with Crippen LogP contribution in [-0.2, 0) is 11.3 Å². The second-order valence-corrected chi connectivity index (χ2v) is 5.97. The number of unbranched alkanes of at least 4 members (excludes halogenated alkanes) is 3. The Morgan fingerprint density at radius 3 is 2.45 bits per heavy atom. The van der Waals surface area contributed by atoms with Gasteiger partial charge in [0.1, 0.15) is 6.54 Å². The second-order valence-electron chi connectivity index (χ2n) is 5.97. The quantitative estimate of drug-likeness (QED) is 0.608. The molecular formula is C19H25NO2. The lowest BCUT2D eigenvalue weighted by atomic mass is 10.1. The van der Waals surface area contributed by atoms with E-state index < -0.39 is 5.97 Å². The summed E-state index contributed by atoms with van der Waals surface area (Å²) in [5, 5.41) is 12.3. The van der Waals surface area contributed by atoms with Crippen molar-refractivity contribution in [3.8, 4) is 0 Å². The third kappa shape index (κ3) is 5.47. The van der Waals surface area contributed by atoms with Crippen molar-refractivity contribution >= 4 is 16.7 Å². The Bertz CT molecular complexity index is 605. The van der Waals surface area contributed by atoms with Crippen molar-refractivity contribution in [3.05, 3.63) is 42.7 Å². The minimum Gasteiger partial charge on any atom is -0.550 e. The molecule has 3 nitrogen and oxygen atoms in total. The number of rotatable bonds is 6. The summed E-state index contributed by atoms with van der Waals surface area (Å²) < 4.78 is 2.30. The Balaban J connectivity index is 0.000000246. The van der Waals surface area contributed by atoms with E-state index in [1.807, 2.05) is 0 Å². The van der Waals surface area contributed by atoms with E-state index in [0.29, 0.717) is 0 Å². The first kappa shape index (κ1) is 16.5. The fraction of sp³-hybridized carbons (Fsp3) is 0.474. The molecule has 0 aliphatic heterocycles. The lowest BCUT2D eigenvalue weighted by Gasteiger charge is -1.99. The zero-order chi connectivity index (χ0) is 15.8. The summed E-state index contributed by atoms with van der Waals surface area (Å²) in [6.45, 7) is 3.40. The molecule has 0 atom stereocenters. The molecule has 0 unspecified atom stereocenters. The van der Waals surface area contributed by atoms with Gasteiger partial charge in [-0.25, -0.2) is 4.57 Å². The minimum absolute atomic E-state index is 0.0926. The average Bonchev–Trinajstić information content (AvgIpc) is 3.37. The van der Waals surface area contributed by atoms with E-state index in [-0.39, 0.29) is 5.92 Å². The lowest BCUT2D eigenvalue weighted by Crippen LogP contribution is -2.32. The molecule has 3 heteroatoms. The maximum absolute atomic E-state index is 9.65. The van der Waals surface area contributed by atoms with Gasteiger partial charge in [-0.3, -0.25) is 0 Å². The van der Waals surface area contributed by atoms with Crippen LogP contribution in [0.25, 0.3) is 10.8 Å². The molecule has 2 aromatic rings. The van der Waals surface area contributed by atoms with E-state index in [2.05, 4.69) is 54.2 Å². The maximum Gasteiger partial charge on any atom is 0.176 e. The largest absolute Gasteiger partial charge is 0.550 e. The van der Waals surface area contributed by atoms with E-state index in [1.54, 1.807) is 0 Å². The summed E-state index contributed by atoms with van der Waals surface area (Å²) in [5.41, 5.74) is 0. The molecular weight excluding hydrogens is 274 g/mol. The molecule has 118 valence electrons. The predicted molar refractivity (Wildman–Crippen MR) is 86.0 cm³/mol. The molecule has 0 spiro atoms. The molecule has 22 heavy (non-hydrogen) atoms. The zero-order valence-corrected chi connectivity index (χ0v) is 13.3. The van der Waals surface area contributed by atoms with Crippen molar-refractivity contribution < 1.29 is 14.5 Å². The van der Waals surface area contributed by atoms with Gasteiger partial charge >= 0.3 is 0 Å². The van der Waals surface area contributed by atoms with Crippen LogP contribution in [0.3, 0.4) is 0 Å². The molecule has 0 bridgehead atoms. The summed E-state index contributed by atoms with van der Waals surface area (Å²) in [6.07, 6.45) is 11.4. The summed E-state index contributed by atoms with van der Waals surface area (Å²) in [7, 11) is 0. The molecule has 1 heterocycles. The lowest BCUT2D eigenvalue weighted by molar-refractivity contribution is -0.696. The topological polar surface area (TPSA) is 44.0 Å². The van der Waals surface area contributed by atoms with Crippen LogP contribution < -0.4 is 9.67 Å². The number of aromatic nitrogens is 1. The normalized spacial score (nSPS) is 13.5. The number of fused-ring (bicyclic) bond motifs is 1. The van der Waals surface area contributed by atoms with Crippen molar-refractivity contribution in [2.24, 2.45) is 5.92 Å². The van der Waals surface area contributed by atoms with Crippen LogP contribution in [0.15, 0.2) is 42.7 Å². The molecule has 0 amide bonds. The molecule has 1 fully saturated rings. The van der Waals surface area contributed by atoms with Crippen LogP contribution in [-0.4, -0.2) is 5.97 Å². The number of aliphatic carboxylic acids is 1. The number of pyridine rings is 1. The molecule has 1 aromatic carbocycles. The van der Waals surface area contributed by atoms with Crippen LogP contribution in [0, 0.1) is 5.92 Å². The summed E-state index contributed by atoms with van der Waals surface area (Å²) in [6, 6.07) is 10.7. The number of hydrogen-bond donors (Lipinski definition) is 0. The van der Waals surface area contributed by atoms with Gasteiger partial charge in [0.05, 0.1) is 0 Å². The van der Waals surface area contributed by atoms with Crippen molar-refractivity contribution in [2.75, 3.05) is 0 Å². The number of carbonyl (C=O) groups excluding carboxylic acids is 1. The number of carboxylic acid groups (broad SMARTS) is 1. The molecule has 0 N–H and O–H groups in total. The van der Waals surface area contributed by atoms with Gasteiger partial charge in [0.2, 0.25) is 0 Å². The third-order valence-corrected chi connectivity index (χ3v) is 3.93. The molecule has 1 aromatic heterocycles. The molecule has 0 saturated heterocycles. The maximum atomic E-state index is 9.65. The fourth-order valence-electron chi connectivity index (χ4n) is 2.36. The number of carbonyl (C=O) groups is 1. The Labute approximate surface area is 132 Å². The number of hydrogen-bond acceptors (Lipinski definition) is 2. The molecule has 3 rings (SSSR count). The van der Waals surface area contributed by atoms with Gasteiger partial charge in [0.25, 0.3) is 0 Å². The number of aryl methyl sites for hydroxylation is 1. The number of benzene rings is 1. The predicted octanol–water partition coefficient (Wildman–Crippen LogP) is 2.85. The zero-order valence-electron chi connectivity index (χ0n) is 13.3. The van der Waals surface area contributed by atoms with Gasteiger partial charge in [0.15, 0.2) is 12.4 Å². The summed E-state index contributed by atoms with van der Waals surface area (Å²) >= 11 is 0. The first-order valence-electron chi connectivity index (χ1n) is 8.29. The molecule has 1 aliphatic rings. The van der Waals surface area contributed by atoms with E-state index in [1.165, 1.54) is 36.5 Å². The minimum atomic E-state index is -0.880.